The number of hydrogen-bond donors (Lipinski definition) is 4. The van der Waals surface area contributed by atoms with Crippen molar-refractivity contribution < 1.29 is 20.4 Å². The molecule has 13 heavy (non-hydrogen) atoms. The number of aliphatic hydroxyl groups excluding tert-OH is 4. The number of nitrogens with zero attached hydrogens (tertiary/aromatic N) is 3. The first-order valence-electron chi connectivity index (χ1n) is 3.28. The summed E-state index contributed by atoms with van der Waals surface area (Å²) >= 11 is 4.40. The van der Waals surface area contributed by atoms with Crippen LogP contribution >= 0.6 is 12.2 Å². The number of azide groups is 1. The van der Waals surface area contributed by atoms with E-state index in [2.05, 4.69) is 22.2 Å². The second kappa shape index (κ2) is 5.81. The summed E-state index contributed by atoms with van der Waals surface area (Å²) in [4.78, 5) is 1.81. The van der Waals surface area contributed by atoms with Crippen molar-refractivity contribution >= 4 is 17.2 Å². The molecule has 3 atom stereocenters. The molecule has 0 bridgehead atoms. The molecule has 7 nitrogen and oxygen atoms in total. The summed E-state index contributed by atoms with van der Waals surface area (Å²) in [6.07, 6.45) is -4.85. The molecule has 0 spiro atoms. The van der Waals surface area contributed by atoms with Gasteiger partial charge in [-0.3, -0.25) is 0 Å². The van der Waals surface area contributed by atoms with Crippen molar-refractivity contribution in [1.82, 2.24) is 0 Å². The molecule has 0 radical (unpaired) electrons. The minimum absolute atomic E-state index is 0.484. The standard InChI is InChI=1S/C5H9N3O4S/c6-8-7-5(13)4(12)3(11)2(10)1-9/h2-4,9-12H,1H2/t2-,3-,4-/m1/s1. The highest BCUT2D eigenvalue weighted by atomic mass is 32.1. The van der Waals surface area contributed by atoms with Crippen LogP contribution in [0.15, 0.2) is 5.11 Å². The van der Waals surface area contributed by atoms with Gasteiger partial charge in [0.05, 0.1) is 6.61 Å². The lowest BCUT2D eigenvalue weighted by atomic mass is 10.1. The molecule has 0 fully saturated rings. The average Bonchev–Trinajstić information content (AvgIpc) is 2.14. The zero-order valence-corrected chi connectivity index (χ0v) is 7.29. The highest BCUT2D eigenvalue weighted by molar-refractivity contribution is 7.80. The number of hydrogen-bond acceptors (Lipinski definition) is 5. The lowest BCUT2D eigenvalue weighted by Crippen LogP contribution is -2.42. The molecule has 0 aliphatic heterocycles. The van der Waals surface area contributed by atoms with E-state index < -0.39 is 29.9 Å². The predicted molar refractivity (Wildman–Crippen MR) is 46.9 cm³/mol. The van der Waals surface area contributed by atoms with Crippen LogP contribution in [-0.2, 0) is 0 Å². The van der Waals surface area contributed by atoms with Gasteiger partial charge in [-0.05, 0) is 5.53 Å². The molecular formula is C5H9N3O4S. The van der Waals surface area contributed by atoms with Gasteiger partial charge >= 0.3 is 0 Å². The predicted octanol–water partition coefficient (Wildman–Crippen LogP) is -1.30. The van der Waals surface area contributed by atoms with E-state index in [0.29, 0.717) is 0 Å². The Kier molecular flexibility index (Phi) is 5.47. The van der Waals surface area contributed by atoms with E-state index in [1.54, 1.807) is 0 Å². The normalized spacial score (nSPS) is 16.9. The molecule has 0 amide bonds. The van der Waals surface area contributed by atoms with Crippen LogP contribution in [0, 0.1) is 0 Å². The highest BCUT2D eigenvalue weighted by Gasteiger charge is 2.26. The van der Waals surface area contributed by atoms with Gasteiger partial charge in [0.25, 0.3) is 0 Å². The third-order valence-corrected chi connectivity index (χ3v) is 1.62. The van der Waals surface area contributed by atoms with Crippen molar-refractivity contribution in [2.45, 2.75) is 18.3 Å². The van der Waals surface area contributed by atoms with E-state index in [-0.39, 0.29) is 0 Å². The summed E-state index contributed by atoms with van der Waals surface area (Å²) in [5, 5.41) is 38.3. The van der Waals surface area contributed by atoms with Crippen LogP contribution in [0.1, 0.15) is 0 Å². The largest absolute Gasteiger partial charge is 0.394 e. The molecular weight excluding hydrogens is 198 g/mol. The molecule has 0 aromatic rings. The maximum absolute atomic E-state index is 9.09. The Morgan fingerprint density at radius 1 is 1.46 bits per heavy atom. The van der Waals surface area contributed by atoms with E-state index in [0.717, 1.165) is 0 Å². The summed E-state index contributed by atoms with van der Waals surface area (Å²) in [6, 6.07) is 0. The molecule has 4 N–H and O–H groups in total. The summed E-state index contributed by atoms with van der Waals surface area (Å²) in [5.74, 6) is 0. The monoisotopic (exact) mass is 207 g/mol. The minimum Gasteiger partial charge on any atom is -0.394 e. The second-order valence-electron chi connectivity index (χ2n) is 2.21. The Labute approximate surface area is 78.9 Å². The van der Waals surface area contributed by atoms with Gasteiger partial charge in [0, 0.05) is 4.91 Å². The Hall–Kier alpha value is -0.760. The van der Waals surface area contributed by atoms with Gasteiger partial charge in [-0.2, -0.15) is 0 Å². The van der Waals surface area contributed by atoms with Crippen molar-refractivity contribution in [2.24, 2.45) is 5.11 Å². The molecule has 0 aromatic carbocycles. The smallest absolute Gasteiger partial charge is 0.120 e. The van der Waals surface area contributed by atoms with Crippen molar-refractivity contribution in [3.63, 3.8) is 0 Å². The first-order valence-corrected chi connectivity index (χ1v) is 3.69. The average molecular weight is 207 g/mol. The van der Waals surface area contributed by atoms with Gasteiger partial charge in [0.1, 0.15) is 23.3 Å². The number of aliphatic hydroxyl groups is 4. The van der Waals surface area contributed by atoms with Crippen molar-refractivity contribution in [2.75, 3.05) is 6.61 Å². The fourth-order valence-electron chi connectivity index (χ4n) is 0.568. The van der Waals surface area contributed by atoms with Gasteiger partial charge < -0.3 is 20.4 Å². The van der Waals surface area contributed by atoms with Crippen molar-refractivity contribution in [3.05, 3.63) is 10.4 Å². The van der Waals surface area contributed by atoms with Gasteiger partial charge in [0.2, 0.25) is 0 Å². The first kappa shape index (κ1) is 12.2. The molecule has 0 rings (SSSR count). The van der Waals surface area contributed by atoms with Gasteiger partial charge in [-0.15, -0.1) is 0 Å². The van der Waals surface area contributed by atoms with Gasteiger partial charge in [0.15, 0.2) is 0 Å². The van der Waals surface area contributed by atoms with Crippen molar-refractivity contribution in [3.8, 4) is 0 Å². The third kappa shape index (κ3) is 3.64. The van der Waals surface area contributed by atoms with Crippen LogP contribution in [0.25, 0.3) is 10.4 Å². The third-order valence-electron chi connectivity index (χ3n) is 1.30. The molecule has 0 heterocycles. The maximum Gasteiger partial charge on any atom is 0.120 e. The molecule has 0 saturated carbocycles. The molecule has 74 valence electrons. The van der Waals surface area contributed by atoms with E-state index in [1.165, 1.54) is 0 Å². The quantitative estimate of drug-likeness (QED) is 0.197. The number of rotatable bonds is 4. The fourth-order valence-corrected chi connectivity index (χ4v) is 0.744. The van der Waals surface area contributed by atoms with Gasteiger partial charge in [-0.25, -0.2) is 0 Å². The van der Waals surface area contributed by atoms with Crippen LogP contribution in [0.2, 0.25) is 0 Å². The molecule has 0 unspecified atom stereocenters. The highest BCUT2D eigenvalue weighted by Crippen LogP contribution is 2.03. The summed E-state index contributed by atoms with van der Waals surface area (Å²) in [6.45, 7) is -0.725. The SMILES string of the molecule is [N-]=[N+]=NC(=S)[C@H](O)[C@H](O)[C@H](O)CO. The van der Waals surface area contributed by atoms with Crippen molar-refractivity contribution in [1.29, 1.82) is 0 Å². The molecule has 0 aromatic heterocycles. The van der Waals surface area contributed by atoms with Gasteiger partial charge in [-0.1, -0.05) is 17.3 Å². The van der Waals surface area contributed by atoms with E-state index in [4.69, 9.17) is 26.0 Å². The summed E-state index contributed by atoms with van der Waals surface area (Å²) in [7, 11) is 0. The lowest BCUT2D eigenvalue weighted by molar-refractivity contribution is -0.0550. The van der Waals surface area contributed by atoms with Crippen LogP contribution in [0.4, 0.5) is 0 Å². The zero-order valence-electron chi connectivity index (χ0n) is 6.48. The van der Waals surface area contributed by atoms with Crippen LogP contribution in [0.3, 0.4) is 0 Å². The Morgan fingerprint density at radius 2 is 2.00 bits per heavy atom. The van der Waals surface area contributed by atoms with E-state index in [1.807, 2.05) is 0 Å². The Morgan fingerprint density at radius 3 is 2.38 bits per heavy atom. The maximum atomic E-state index is 9.09. The van der Waals surface area contributed by atoms with Crippen LogP contribution < -0.4 is 0 Å². The Bertz CT molecular complexity index is 230. The molecule has 0 aliphatic carbocycles. The molecule has 8 heteroatoms. The van der Waals surface area contributed by atoms with E-state index in [9.17, 15) is 0 Å². The number of thiocarbonyl (C=S) groups is 1. The minimum atomic E-state index is -1.66. The molecule has 0 aliphatic rings. The van der Waals surface area contributed by atoms with E-state index >= 15 is 0 Å². The topological polar surface area (TPSA) is 130 Å². The molecule has 0 saturated heterocycles. The summed E-state index contributed by atoms with van der Waals surface area (Å²) < 4.78 is 0. The first-order chi connectivity index (χ1) is 6.04. The lowest BCUT2D eigenvalue weighted by Gasteiger charge is -2.19. The van der Waals surface area contributed by atoms with Crippen LogP contribution in [-0.4, -0.2) is 50.3 Å². The Balaban J connectivity index is 4.32. The van der Waals surface area contributed by atoms with Crippen LogP contribution in [0.5, 0.6) is 0 Å². The zero-order chi connectivity index (χ0) is 10.4. The second-order valence-corrected chi connectivity index (χ2v) is 2.63. The fraction of sp³-hybridized carbons (Fsp3) is 0.800. The summed E-state index contributed by atoms with van der Waals surface area (Å²) in [5.41, 5.74) is 7.93.